The summed E-state index contributed by atoms with van der Waals surface area (Å²) >= 11 is 0. The Morgan fingerprint density at radius 1 is 1.32 bits per heavy atom. The number of anilines is 1. The Balaban J connectivity index is 1.55. The molecule has 2 aliphatic heterocycles. The molecule has 4 heterocycles. The molecule has 1 aromatic carbocycles. The molecule has 0 radical (unpaired) electrons. The number of ether oxygens (including phenoxy) is 3. The number of nitrogens with two attached hydrogens (primary N) is 1. The van der Waals surface area contributed by atoms with E-state index < -0.39 is 32.4 Å². The third-order valence-electron chi connectivity index (χ3n) is 5.15. The molecule has 5 rings (SSSR count). The fraction of sp³-hybridized carbons (Fsp3) is 0.389. The zero-order valence-corrected chi connectivity index (χ0v) is 17.3. The first-order chi connectivity index (χ1) is 15.0. The maximum Gasteiger partial charge on any atom is 0.472 e. The summed E-state index contributed by atoms with van der Waals surface area (Å²) in [6.45, 7) is 0.110. The van der Waals surface area contributed by atoms with Gasteiger partial charge in [0.25, 0.3) is 0 Å². The summed E-state index contributed by atoms with van der Waals surface area (Å²) in [5, 5.41) is 0. The highest BCUT2D eigenvalue weighted by Gasteiger charge is 2.54. The number of phosphoric ester groups is 1. The fourth-order valence-electron chi connectivity index (χ4n) is 3.74. The molecule has 0 amide bonds. The molecule has 5 atom stereocenters. The summed E-state index contributed by atoms with van der Waals surface area (Å²) in [6, 6.07) is 9.74. The summed E-state index contributed by atoms with van der Waals surface area (Å²) < 4.78 is 41.3. The molecule has 0 bridgehead atoms. The number of nitrogens with zero attached hydrogens (tertiary/aromatic N) is 4. The van der Waals surface area contributed by atoms with Gasteiger partial charge in [0.15, 0.2) is 23.2 Å². The number of hydrogen-bond acceptors (Lipinski definition) is 10. The second-order valence-corrected chi connectivity index (χ2v) is 8.48. The molecule has 2 aliphatic rings. The van der Waals surface area contributed by atoms with E-state index in [-0.39, 0.29) is 25.0 Å². The lowest BCUT2D eigenvalue weighted by Gasteiger charge is -2.29. The lowest BCUT2D eigenvalue weighted by atomic mass is 10.1. The van der Waals surface area contributed by atoms with Crippen LogP contribution in [0.25, 0.3) is 11.2 Å². The number of nitrogen functional groups attached to an aromatic ring is 1. The largest absolute Gasteiger partial charge is 0.472 e. The van der Waals surface area contributed by atoms with Crippen LogP contribution in [-0.2, 0) is 29.7 Å². The van der Waals surface area contributed by atoms with Gasteiger partial charge in [-0.1, -0.05) is 30.3 Å². The maximum atomic E-state index is 11.9. The van der Waals surface area contributed by atoms with Crippen LogP contribution in [0.4, 0.5) is 5.82 Å². The van der Waals surface area contributed by atoms with E-state index in [0.29, 0.717) is 11.2 Å². The number of aromatic nitrogens is 4. The second-order valence-electron chi connectivity index (χ2n) is 7.07. The number of phosphoric acid groups is 1. The van der Waals surface area contributed by atoms with Gasteiger partial charge < -0.3 is 24.8 Å². The number of methoxy groups -OCH3 is 1. The van der Waals surface area contributed by atoms with Gasteiger partial charge in [0.2, 0.25) is 0 Å². The second kappa shape index (κ2) is 7.83. The van der Waals surface area contributed by atoms with Crippen LogP contribution in [0.1, 0.15) is 11.8 Å². The molecule has 31 heavy (non-hydrogen) atoms. The van der Waals surface area contributed by atoms with Crippen LogP contribution >= 0.6 is 7.82 Å². The molecular formula is C18H20N5O7P. The van der Waals surface area contributed by atoms with Crippen molar-refractivity contribution in [3.63, 3.8) is 0 Å². The van der Waals surface area contributed by atoms with Crippen LogP contribution in [0, 0.1) is 0 Å². The number of benzene rings is 1. The summed E-state index contributed by atoms with van der Waals surface area (Å²) in [6.07, 6.45) is -1.75. The lowest BCUT2D eigenvalue weighted by Crippen LogP contribution is -2.40. The van der Waals surface area contributed by atoms with E-state index in [9.17, 15) is 9.46 Å². The highest BCUT2D eigenvalue weighted by Crippen LogP contribution is 2.53. The minimum atomic E-state index is -4.19. The van der Waals surface area contributed by atoms with Crippen molar-refractivity contribution in [3.8, 4) is 6.01 Å². The zero-order chi connectivity index (χ0) is 21.6. The van der Waals surface area contributed by atoms with E-state index in [2.05, 4.69) is 15.0 Å². The van der Waals surface area contributed by atoms with Crippen LogP contribution < -0.4 is 10.5 Å². The van der Waals surface area contributed by atoms with Gasteiger partial charge >= 0.3 is 13.8 Å². The van der Waals surface area contributed by atoms with Gasteiger partial charge in [0.1, 0.15) is 31.2 Å². The van der Waals surface area contributed by atoms with Crippen molar-refractivity contribution in [1.82, 2.24) is 19.5 Å². The highest BCUT2D eigenvalue weighted by molar-refractivity contribution is 7.47. The average molecular weight is 449 g/mol. The van der Waals surface area contributed by atoms with E-state index in [1.54, 1.807) is 4.57 Å². The summed E-state index contributed by atoms with van der Waals surface area (Å²) in [7, 11) is -2.74. The van der Waals surface area contributed by atoms with Crippen LogP contribution in [-0.4, -0.2) is 56.4 Å². The first-order valence-electron chi connectivity index (χ1n) is 9.46. The Morgan fingerprint density at radius 2 is 2.13 bits per heavy atom. The minimum Gasteiger partial charge on any atom is -0.460 e. The molecule has 164 valence electrons. The van der Waals surface area contributed by atoms with Gasteiger partial charge in [-0.2, -0.15) is 4.98 Å². The third kappa shape index (κ3) is 3.67. The first-order valence-corrected chi connectivity index (χ1v) is 11.0. The van der Waals surface area contributed by atoms with Gasteiger partial charge in [0, 0.05) is 7.11 Å². The average Bonchev–Trinajstić information content (AvgIpc) is 3.30. The van der Waals surface area contributed by atoms with Gasteiger partial charge in [0.05, 0.1) is 6.61 Å². The molecule has 2 fully saturated rings. The number of fused-ring (bicyclic) bond motifs is 2. The highest BCUT2D eigenvalue weighted by atomic mass is 31.2. The SMILES string of the molecule is CO[C@@H]1[C@@H]2OP(=O)(O)OC[C@H]2O[C@H]1n1c(OCc2ccccc2)nc2c(N)ncnc21. The maximum absolute atomic E-state index is 11.9. The van der Waals surface area contributed by atoms with Crippen LogP contribution in [0.15, 0.2) is 36.7 Å². The topological polar surface area (TPSA) is 153 Å². The molecular weight excluding hydrogens is 429 g/mol. The minimum absolute atomic E-state index is 0.126. The third-order valence-corrected chi connectivity index (χ3v) is 6.14. The van der Waals surface area contributed by atoms with Gasteiger partial charge in [-0.3, -0.25) is 9.05 Å². The molecule has 0 aliphatic carbocycles. The fourth-order valence-corrected chi connectivity index (χ4v) is 4.70. The molecule has 0 saturated carbocycles. The van der Waals surface area contributed by atoms with Crippen molar-refractivity contribution in [2.24, 2.45) is 0 Å². The Bertz CT molecular complexity index is 1140. The van der Waals surface area contributed by atoms with Crippen molar-refractivity contribution in [2.75, 3.05) is 19.5 Å². The van der Waals surface area contributed by atoms with E-state index >= 15 is 0 Å². The normalized spacial score (nSPS) is 30.4. The summed E-state index contributed by atoms with van der Waals surface area (Å²) in [5.74, 6) is 0.178. The molecule has 3 N–H and O–H groups in total. The van der Waals surface area contributed by atoms with Crippen molar-refractivity contribution >= 4 is 24.8 Å². The van der Waals surface area contributed by atoms with Crippen LogP contribution in [0.2, 0.25) is 0 Å². The number of hydrogen-bond donors (Lipinski definition) is 2. The van der Waals surface area contributed by atoms with Crippen molar-refractivity contribution in [3.05, 3.63) is 42.2 Å². The van der Waals surface area contributed by atoms with Crippen LogP contribution in [0.5, 0.6) is 6.01 Å². The number of imidazole rings is 1. The Labute approximate surface area is 176 Å². The van der Waals surface area contributed by atoms with Crippen LogP contribution in [0.3, 0.4) is 0 Å². The van der Waals surface area contributed by atoms with Gasteiger partial charge in [-0.15, -0.1) is 0 Å². The Hall–Kier alpha value is -2.60. The van der Waals surface area contributed by atoms with Gasteiger partial charge in [-0.25, -0.2) is 19.1 Å². The monoisotopic (exact) mass is 449 g/mol. The number of rotatable bonds is 5. The predicted molar refractivity (Wildman–Crippen MR) is 106 cm³/mol. The summed E-state index contributed by atoms with van der Waals surface area (Å²) in [4.78, 5) is 22.5. The summed E-state index contributed by atoms with van der Waals surface area (Å²) in [5.41, 5.74) is 7.63. The smallest absolute Gasteiger partial charge is 0.460 e. The first kappa shape index (κ1) is 20.3. The molecule has 13 heteroatoms. The molecule has 2 saturated heterocycles. The lowest BCUT2D eigenvalue weighted by molar-refractivity contribution is -0.0687. The standard InChI is InChI=1S/C18H20N5O7P/c1-26-14-13-11(8-28-31(24,25)30-13)29-17(14)23-16-12(15(19)20-9-21-16)22-18(23)27-7-10-5-3-2-4-6-10/h2-6,9,11,13-14,17H,7-8H2,1H3,(H,24,25)(H2,19,20,21)/t11-,13-,14-,17-/m1/s1. The van der Waals surface area contributed by atoms with E-state index in [1.165, 1.54) is 13.4 Å². The Morgan fingerprint density at radius 3 is 2.90 bits per heavy atom. The molecule has 12 nitrogen and oxygen atoms in total. The van der Waals surface area contributed by atoms with Gasteiger partial charge in [-0.05, 0) is 5.56 Å². The molecule has 2 aromatic heterocycles. The zero-order valence-electron chi connectivity index (χ0n) is 16.4. The quantitative estimate of drug-likeness (QED) is 0.544. The molecule has 3 aromatic rings. The van der Waals surface area contributed by atoms with Crippen molar-refractivity contribution < 1.29 is 32.7 Å². The van der Waals surface area contributed by atoms with Crippen molar-refractivity contribution in [2.45, 2.75) is 31.1 Å². The van der Waals surface area contributed by atoms with Crippen molar-refractivity contribution in [1.29, 1.82) is 0 Å². The van der Waals surface area contributed by atoms with E-state index in [4.69, 9.17) is 29.0 Å². The van der Waals surface area contributed by atoms with E-state index in [1.807, 2.05) is 30.3 Å². The molecule has 1 unspecified atom stereocenters. The predicted octanol–water partition coefficient (Wildman–Crippen LogP) is 1.42. The Kier molecular flexibility index (Phi) is 5.13. The van der Waals surface area contributed by atoms with E-state index in [0.717, 1.165) is 5.56 Å². The molecule has 0 spiro atoms.